The molecular formula is C10H16N2O3. The van der Waals surface area contributed by atoms with Crippen molar-refractivity contribution in [3.63, 3.8) is 0 Å². The predicted molar refractivity (Wildman–Crippen MR) is 54.4 cm³/mol. The molecule has 84 valence electrons. The van der Waals surface area contributed by atoms with Crippen molar-refractivity contribution >= 4 is 5.91 Å². The molecule has 0 aromatic carbocycles. The Kier molecular flexibility index (Phi) is 3.85. The minimum atomic E-state index is -0.559. The fourth-order valence-corrected chi connectivity index (χ4v) is 1.32. The van der Waals surface area contributed by atoms with Gasteiger partial charge in [0.2, 0.25) is 0 Å². The van der Waals surface area contributed by atoms with E-state index in [9.17, 15) is 9.90 Å². The normalized spacial score (nSPS) is 11.4. The highest BCUT2D eigenvalue weighted by atomic mass is 16.5. The molecule has 0 spiro atoms. The molecule has 1 amide bonds. The van der Waals surface area contributed by atoms with Crippen molar-refractivity contribution < 1.29 is 14.4 Å². The maximum atomic E-state index is 11.7. The number of nitrogens with zero attached hydrogens (tertiary/aromatic N) is 1. The standard InChI is InChI=1S/C10H16N2O3/c1-3-10(4-2,7-13)11-9(14)8-5-6-15-12-8/h5-6,13H,3-4,7H2,1-2H3,(H,11,14). The Morgan fingerprint density at radius 2 is 2.27 bits per heavy atom. The van der Waals surface area contributed by atoms with E-state index >= 15 is 0 Å². The third-order valence-corrected chi connectivity index (χ3v) is 2.71. The van der Waals surface area contributed by atoms with E-state index in [-0.39, 0.29) is 18.2 Å². The predicted octanol–water partition coefficient (Wildman–Crippen LogP) is 0.956. The quantitative estimate of drug-likeness (QED) is 0.762. The molecule has 1 aromatic rings. The number of hydrogen-bond acceptors (Lipinski definition) is 4. The first kappa shape index (κ1) is 11.7. The second-order valence-electron chi connectivity index (χ2n) is 3.48. The number of aliphatic hydroxyl groups is 1. The van der Waals surface area contributed by atoms with Gasteiger partial charge in [-0.05, 0) is 12.8 Å². The molecule has 15 heavy (non-hydrogen) atoms. The number of rotatable bonds is 5. The summed E-state index contributed by atoms with van der Waals surface area (Å²) in [5.74, 6) is -0.318. The zero-order valence-corrected chi connectivity index (χ0v) is 8.99. The molecule has 5 nitrogen and oxygen atoms in total. The van der Waals surface area contributed by atoms with Crippen molar-refractivity contribution in [2.75, 3.05) is 6.61 Å². The van der Waals surface area contributed by atoms with Crippen molar-refractivity contribution in [1.29, 1.82) is 0 Å². The number of carbonyl (C=O) groups excluding carboxylic acids is 1. The van der Waals surface area contributed by atoms with E-state index < -0.39 is 5.54 Å². The van der Waals surface area contributed by atoms with E-state index in [1.165, 1.54) is 12.3 Å². The average molecular weight is 212 g/mol. The molecule has 0 aliphatic carbocycles. The molecule has 1 heterocycles. The molecular weight excluding hydrogens is 196 g/mol. The van der Waals surface area contributed by atoms with Crippen LogP contribution in [0.15, 0.2) is 16.9 Å². The van der Waals surface area contributed by atoms with Crippen LogP contribution in [-0.4, -0.2) is 28.3 Å². The van der Waals surface area contributed by atoms with Gasteiger partial charge in [0.1, 0.15) is 6.26 Å². The Hall–Kier alpha value is -1.36. The van der Waals surface area contributed by atoms with Crippen molar-refractivity contribution in [3.05, 3.63) is 18.0 Å². The summed E-state index contributed by atoms with van der Waals surface area (Å²) in [7, 11) is 0. The SMILES string of the molecule is CCC(CC)(CO)NC(=O)c1ccon1. The summed E-state index contributed by atoms with van der Waals surface area (Å²) in [4.78, 5) is 11.7. The molecule has 2 N–H and O–H groups in total. The summed E-state index contributed by atoms with van der Waals surface area (Å²) in [6, 6.07) is 1.49. The second-order valence-corrected chi connectivity index (χ2v) is 3.48. The highest BCUT2D eigenvalue weighted by molar-refractivity contribution is 5.92. The van der Waals surface area contributed by atoms with Crippen molar-refractivity contribution in [2.24, 2.45) is 0 Å². The molecule has 0 radical (unpaired) electrons. The van der Waals surface area contributed by atoms with E-state index in [0.29, 0.717) is 12.8 Å². The lowest BCUT2D eigenvalue weighted by molar-refractivity contribution is 0.0809. The van der Waals surface area contributed by atoms with Crippen LogP contribution in [0.2, 0.25) is 0 Å². The summed E-state index contributed by atoms with van der Waals surface area (Å²) < 4.78 is 4.58. The van der Waals surface area contributed by atoms with Crippen molar-refractivity contribution in [2.45, 2.75) is 32.2 Å². The number of hydrogen-bond donors (Lipinski definition) is 2. The Balaban J connectivity index is 2.71. The van der Waals surface area contributed by atoms with Crippen LogP contribution >= 0.6 is 0 Å². The molecule has 1 rings (SSSR count). The lowest BCUT2D eigenvalue weighted by atomic mass is 9.94. The molecule has 0 saturated heterocycles. The topological polar surface area (TPSA) is 75.4 Å². The maximum Gasteiger partial charge on any atom is 0.273 e. The van der Waals surface area contributed by atoms with Crippen LogP contribution in [0.25, 0.3) is 0 Å². The van der Waals surface area contributed by atoms with Crippen LogP contribution in [0.1, 0.15) is 37.2 Å². The van der Waals surface area contributed by atoms with Gasteiger partial charge in [0.25, 0.3) is 5.91 Å². The van der Waals surface area contributed by atoms with Crippen LogP contribution < -0.4 is 5.32 Å². The minimum absolute atomic E-state index is 0.0798. The van der Waals surface area contributed by atoms with E-state index in [1.54, 1.807) is 0 Å². The number of nitrogens with one attached hydrogen (secondary N) is 1. The smallest absolute Gasteiger partial charge is 0.273 e. The Bertz CT molecular complexity index is 296. The first-order chi connectivity index (χ1) is 7.17. The van der Waals surface area contributed by atoms with Crippen LogP contribution in [-0.2, 0) is 0 Å². The molecule has 1 aromatic heterocycles. The van der Waals surface area contributed by atoms with Crippen molar-refractivity contribution in [1.82, 2.24) is 10.5 Å². The first-order valence-corrected chi connectivity index (χ1v) is 5.01. The lowest BCUT2D eigenvalue weighted by Gasteiger charge is -2.30. The summed E-state index contributed by atoms with van der Waals surface area (Å²) in [6.07, 6.45) is 2.68. The molecule has 0 aliphatic rings. The zero-order valence-electron chi connectivity index (χ0n) is 8.99. The fourth-order valence-electron chi connectivity index (χ4n) is 1.32. The summed E-state index contributed by atoms with van der Waals surface area (Å²) in [5.41, 5.74) is -0.328. The van der Waals surface area contributed by atoms with Crippen LogP contribution in [0.4, 0.5) is 0 Å². The van der Waals surface area contributed by atoms with Gasteiger partial charge in [-0.25, -0.2) is 0 Å². The van der Waals surface area contributed by atoms with Gasteiger partial charge in [-0.2, -0.15) is 0 Å². The number of aromatic nitrogens is 1. The highest BCUT2D eigenvalue weighted by Crippen LogP contribution is 2.14. The van der Waals surface area contributed by atoms with E-state index in [1.807, 2.05) is 13.8 Å². The Morgan fingerprint density at radius 1 is 1.60 bits per heavy atom. The molecule has 0 aliphatic heterocycles. The molecule has 0 fully saturated rings. The largest absolute Gasteiger partial charge is 0.394 e. The lowest BCUT2D eigenvalue weighted by Crippen LogP contribution is -2.50. The molecule has 0 atom stereocenters. The van der Waals surface area contributed by atoms with Gasteiger partial charge < -0.3 is 14.9 Å². The Labute approximate surface area is 88.5 Å². The third kappa shape index (κ3) is 2.56. The van der Waals surface area contributed by atoms with E-state index in [4.69, 9.17) is 0 Å². The van der Waals surface area contributed by atoms with Gasteiger partial charge in [-0.1, -0.05) is 19.0 Å². The van der Waals surface area contributed by atoms with Gasteiger partial charge in [0, 0.05) is 6.07 Å². The maximum absolute atomic E-state index is 11.7. The zero-order chi connectivity index (χ0) is 11.3. The third-order valence-electron chi connectivity index (χ3n) is 2.71. The van der Waals surface area contributed by atoms with Gasteiger partial charge in [-0.15, -0.1) is 0 Å². The van der Waals surface area contributed by atoms with E-state index in [2.05, 4.69) is 15.0 Å². The van der Waals surface area contributed by atoms with Crippen LogP contribution in [0, 0.1) is 0 Å². The van der Waals surface area contributed by atoms with Gasteiger partial charge in [0.05, 0.1) is 12.1 Å². The number of aliphatic hydroxyl groups excluding tert-OH is 1. The first-order valence-electron chi connectivity index (χ1n) is 5.01. The molecule has 0 unspecified atom stereocenters. The van der Waals surface area contributed by atoms with Gasteiger partial charge in [-0.3, -0.25) is 4.79 Å². The summed E-state index contributed by atoms with van der Waals surface area (Å²) in [5, 5.41) is 15.6. The fraction of sp³-hybridized carbons (Fsp3) is 0.600. The van der Waals surface area contributed by atoms with Crippen LogP contribution in [0.5, 0.6) is 0 Å². The highest BCUT2D eigenvalue weighted by Gasteiger charge is 2.28. The van der Waals surface area contributed by atoms with Crippen molar-refractivity contribution in [3.8, 4) is 0 Å². The summed E-state index contributed by atoms with van der Waals surface area (Å²) >= 11 is 0. The van der Waals surface area contributed by atoms with Gasteiger partial charge in [0.15, 0.2) is 5.69 Å². The minimum Gasteiger partial charge on any atom is -0.394 e. The molecule has 0 saturated carbocycles. The Morgan fingerprint density at radius 3 is 2.67 bits per heavy atom. The van der Waals surface area contributed by atoms with E-state index in [0.717, 1.165) is 0 Å². The van der Waals surface area contributed by atoms with Gasteiger partial charge >= 0.3 is 0 Å². The number of amides is 1. The molecule has 0 bridgehead atoms. The summed E-state index contributed by atoms with van der Waals surface area (Å²) in [6.45, 7) is 3.76. The average Bonchev–Trinajstić information content (AvgIpc) is 2.79. The molecule has 5 heteroatoms. The second kappa shape index (κ2) is 4.93. The number of carbonyl (C=O) groups is 1. The van der Waals surface area contributed by atoms with Crippen LogP contribution in [0.3, 0.4) is 0 Å². The monoisotopic (exact) mass is 212 g/mol.